The molecule has 1 aromatic carbocycles. The van der Waals surface area contributed by atoms with Gasteiger partial charge in [0.2, 0.25) is 0 Å². The Kier molecular flexibility index (Phi) is 3.87. The topological polar surface area (TPSA) is 47.5 Å². The zero-order valence-corrected chi connectivity index (χ0v) is 13.4. The van der Waals surface area contributed by atoms with Crippen molar-refractivity contribution in [1.82, 2.24) is 9.97 Å². The van der Waals surface area contributed by atoms with Gasteiger partial charge < -0.3 is 14.4 Å². The first kappa shape index (κ1) is 14.5. The molecule has 4 rings (SSSR count). The molecule has 0 atom stereocenters. The van der Waals surface area contributed by atoms with Gasteiger partial charge in [-0.05, 0) is 43.5 Å². The van der Waals surface area contributed by atoms with Crippen molar-refractivity contribution in [1.29, 1.82) is 0 Å². The van der Waals surface area contributed by atoms with Crippen LogP contribution in [-0.2, 0) is 17.6 Å². The molecule has 1 saturated heterocycles. The fourth-order valence-electron chi connectivity index (χ4n) is 3.32. The number of hydrogen-bond donors (Lipinski definition) is 0. The highest BCUT2D eigenvalue weighted by molar-refractivity contribution is 5.62. The Morgan fingerprint density at radius 1 is 1.04 bits per heavy atom. The van der Waals surface area contributed by atoms with Crippen LogP contribution in [0, 0.1) is 0 Å². The molecule has 0 unspecified atom stereocenters. The number of aryl methyl sites for hydroxylation is 1. The largest absolute Gasteiger partial charge is 0.497 e. The van der Waals surface area contributed by atoms with Gasteiger partial charge in [-0.2, -0.15) is 0 Å². The number of benzene rings is 1. The van der Waals surface area contributed by atoms with E-state index < -0.39 is 0 Å². The van der Waals surface area contributed by atoms with E-state index in [0.29, 0.717) is 0 Å². The van der Waals surface area contributed by atoms with Crippen molar-refractivity contribution < 1.29 is 9.47 Å². The maximum atomic E-state index is 5.48. The molecule has 1 aliphatic carbocycles. The molecule has 5 heteroatoms. The second kappa shape index (κ2) is 6.16. The molecule has 0 N–H and O–H groups in total. The molecule has 0 saturated carbocycles. The molecule has 0 bridgehead atoms. The number of anilines is 1. The Hall–Kier alpha value is -2.14. The van der Waals surface area contributed by atoms with Gasteiger partial charge in [0.1, 0.15) is 11.6 Å². The van der Waals surface area contributed by atoms with Gasteiger partial charge in [0.25, 0.3) is 0 Å². The third kappa shape index (κ3) is 2.77. The zero-order chi connectivity index (χ0) is 15.6. The highest BCUT2D eigenvalue weighted by Crippen LogP contribution is 2.32. The summed E-state index contributed by atoms with van der Waals surface area (Å²) < 4.78 is 10.7. The van der Waals surface area contributed by atoms with Crippen LogP contribution in [0.4, 0.5) is 5.82 Å². The second-order valence-electron chi connectivity index (χ2n) is 5.98. The molecule has 2 aliphatic rings. The lowest BCUT2D eigenvalue weighted by Crippen LogP contribution is -2.37. The lowest BCUT2D eigenvalue weighted by atomic mass is 10.1. The van der Waals surface area contributed by atoms with Crippen LogP contribution in [0.25, 0.3) is 11.4 Å². The number of ether oxygens (including phenoxy) is 2. The first-order valence-corrected chi connectivity index (χ1v) is 8.22. The summed E-state index contributed by atoms with van der Waals surface area (Å²) >= 11 is 0. The predicted octanol–water partition coefficient (Wildman–Crippen LogP) is 2.48. The minimum Gasteiger partial charge on any atom is -0.497 e. The third-order valence-electron chi connectivity index (χ3n) is 4.57. The van der Waals surface area contributed by atoms with E-state index in [-0.39, 0.29) is 0 Å². The normalized spacial score (nSPS) is 17.2. The maximum Gasteiger partial charge on any atom is 0.161 e. The van der Waals surface area contributed by atoms with Crippen molar-refractivity contribution in [3.8, 4) is 17.1 Å². The number of morpholine rings is 1. The van der Waals surface area contributed by atoms with Crippen LogP contribution in [0.5, 0.6) is 5.75 Å². The lowest BCUT2D eigenvalue weighted by Gasteiger charge is -2.29. The van der Waals surface area contributed by atoms with E-state index in [1.807, 2.05) is 24.3 Å². The molecule has 0 amide bonds. The Morgan fingerprint density at radius 3 is 2.57 bits per heavy atom. The molecule has 1 fully saturated rings. The van der Waals surface area contributed by atoms with Gasteiger partial charge in [-0.3, -0.25) is 0 Å². The van der Waals surface area contributed by atoms with Crippen molar-refractivity contribution >= 4 is 5.82 Å². The van der Waals surface area contributed by atoms with Crippen LogP contribution in [0.1, 0.15) is 17.7 Å². The molecule has 0 radical (unpaired) electrons. The highest BCUT2D eigenvalue weighted by atomic mass is 16.5. The van der Waals surface area contributed by atoms with Crippen LogP contribution >= 0.6 is 0 Å². The summed E-state index contributed by atoms with van der Waals surface area (Å²) in [5.74, 6) is 2.78. The number of fused-ring (bicyclic) bond motifs is 1. The van der Waals surface area contributed by atoms with E-state index in [1.54, 1.807) is 7.11 Å². The van der Waals surface area contributed by atoms with Crippen LogP contribution < -0.4 is 9.64 Å². The Bertz CT molecular complexity index is 694. The van der Waals surface area contributed by atoms with Gasteiger partial charge in [-0.1, -0.05) is 0 Å². The summed E-state index contributed by atoms with van der Waals surface area (Å²) in [6.45, 7) is 3.37. The second-order valence-corrected chi connectivity index (χ2v) is 5.98. The monoisotopic (exact) mass is 311 g/mol. The number of rotatable bonds is 3. The first-order valence-electron chi connectivity index (χ1n) is 8.22. The van der Waals surface area contributed by atoms with E-state index in [9.17, 15) is 0 Å². The summed E-state index contributed by atoms with van der Waals surface area (Å²) in [7, 11) is 1.68. The average molecular weight is 311 g/mol. The Morgan fingerprint density at radius 2 is 1.83 bits per heavy atom. The summed E-state index contributed by atoms with van der Waals surface area (Å²) in [4.78, 5) is 12.1. The standard InChI is InChI=1S/C18H21N3O2/c1-22-14-7-5-13(6-8-14)17-19-16-4-2-3-15(16)18(20-17)21-9-11-23-12-10-21/h5-8H,2-4,9-12H2,1H3. The molecule has 2 aromatic rings. The van der Waals surface area contributed by atoms with Crippen LogP contribution in [0.3, 0.4) is 0 Å². The molecular formula is C18H21N3O2. The fraction of sp³-hybridized carbons (Fsp3) is 0.444. The third-order valence-corrected chi connectivity index (χ3v) is 4.57. The first-order chi connectivity index (χ1) is 11.3. The van der Waals surface area contributed by atoms with Gasteiger partial charge in [0, 0.05) is 29.9 Å². The van der Waals surface area contributed by atoms with Crippen molar-refractivity contribution in [3.63, 3.8) is 0 Å². The average Bonchev–Trinajstić information content (AvgIpc) is 3.10. The van der Waals surface area contributed by atoms with Crippen molar-refractivity contribution in [2.45, 2.75) is 19.3 Å². The molecule has 5 nitrogen and oxygen atoms in total. The zero-order valence-electron chi connectivity index (χ0n) is 13.4. The van der Waals surface area contributed by atoms with Crippen molar-refractivity contribution in [3.05, 3.63) is 35.5 Å². The number of methoxy groups -OCH3 is 1. The van der Waals surface area contributed by atoms with Gasteiger partial charge in [0.15, 0.2) is 5.82 Å². The molecule has 1 aromatic heterocycles. The molecule has 1 aliphatic heterocycles. The quantitative estimate of drug-likeness (QED) is 0.871. The van der Waals surface area contributed by atoms with Gasteiger partial charge in [0.05, 0.1) is 20.3 Å². The van der Waals surface area contributed by atoms with E-state index in [2.05, 4.69) is 4.90 Å². The van der Waals surface area contributed by atoms with E-state index in [4.69, 9.17) is 19.4 Å². The molecule has 2 heterocycles. The smallest absolute Gasteiger partial charge is 0.161 e. The highest BCUT2D eigenvalue weighted by Gasteiger charge is 2.24. The summed E-state index contributed by atoms with van der Waals surface area (Å²) in [5.41, 5.74) is 3.59. The van der Waals surface area contributed by atoms with Crippen LogP contribution in [-0.4, -0.2) is 43.4 Å². The number of aromatic nitrogens is 2. The minimum atomic E-state index is 0.774. The van der Waals surface area contributed by atoms with Gasteiger partial charge in [-0.15, -0.1) is 0 Å². The predicted molar refractivity (Wildman–Crippen MR) is 89.1 cm³/mol. The van der Waals surface area contributed by atoms with Crippen molar-refractivity contribution in [2.24, 2.45) is 0 Å². The lowest BCUT2D eigenvalue weighted by molar-refractivity contribution is 0.122. The van der Waals surface area contributed by atoms with E-state index in [1.165, 1.54) is 17.7 Å². The van der Waals surface area contributed by atoms with Crippen LogP contribution in [0.15, 0.2) is 24.3 Å². The SMILES string of the molecule is COc1ccc(-c2nc3c(c(N4CCOCC4)n2)CCC3)cc1. The fourth-order valence-corrected chi connectivity index (χ4v) is 3.32. The van der Waals surface area contributed by atoms with Gasteiger partial charge >= 0.3 is 0 Å². The molecule has 23 heavy (non-hydrogen) atoms. The Balaban J connectivity index is 1.75. The summed E-state index contributed by atoms with van der Waals surface area (Å²) in [6.07, 6.45) is 3.32. The van der Waals surface area contributed by atoms with Crippen LogP contribution in [0.2, 0.25) is 0 Å². The Labute approximate surface area is 136 Å². The number of hydrogen-bond acceptors (Lipinski definition) is 5. The van der Waals surface area contributed by atoms with E-state index in [0.717, 1.165) is 62.1 Å². The molecular weight excluding hydrogens is 290 g/mol. The maximum absolute atomic E-state index is 5.48. The molecule has 0 spiro atoms. The van der Waals surface area contributed by atoms with E-state index >= 15 is 0 Å². The summed E-state index contributed by atoms with van der Waals surface area (Å²) in [6, 6.07) is 7.97. The number of nitrogens with zero attached hydrogens (tertiary/aromatic N) is 3. The minimum absolute atomic E-state index is 0.774. The van der Waals surface area contributed by atoms with Crippen molar-refractivity contribution in [2.75, 3.05) is 38.3 Å². The van der Waals surface area contributed by atoms with Gasteiger partial charge in [-0.25, -0.2) is 9.97 Å². The summed E-state index contributed by atoms with van der Waals surface area (Å²) in [5, 5.41) is 0. The molecule has 120 valence electrons.